The summed E-state index contributed by atoms with van der Waals surface area (Å²) in [6.45, 7) is 2.44. The highest BCUT2D eigenvalue weighted by Crippen LogP contribution is 2.58. The third-order valence-electron chi connectivity index (χ3n) is 6.66. The van der Waals surface area contributed by atoms with E-state index < -0.39 is 0 Å². The molecule has 3 aliphatic heterocycles. The molecule has 0 amide bonds. The summed E-state index contributed by atoms with van der Waals surface area (Å²) in [5.74, 6) is 1.32. The number of hydrogen-bond donors (Lipinski definition) is 0. The Balaban J connectivity index is 1.42. The summed E-state index contributed by atoms with van der Waals surface area (Å²) in [4.78, 5) is 16.4. The molecule has 4 heterocycles. The maximum absolute atomic E-state index is 13.9. The fourth-order valence-electron chi connectivity index (χ4n) is 5.23. The number of carbonyl (C=O) groups is 1. The number of hydrogen-bond acceptors (Lipinski definition) is 4. The van der Waals surface area contributed by atoms with Crippen molar-refractivity contribution in [3.05, 3.63) is 28.9 Å². The Morgan fingerprint density at radius 2 is 2.08 bits per heavy atom. The van der Waals surface area contributed by atoms with Crippen LogP contribution in [0.4, 0.5) is 4.39 Å². The maximum atomic E-state index is 13.9. The Labute approximate surface area is 150 Å². The first-order valence-corrected chi connectivity index (χ1v) is 9.98. The molecule has 1 aliphatic carbocycles. The second kappa shape index (κ2) is 5.52. The van der Waals surface area contributed by atoms with Crippen LogP contribution in [0.5, 0.6) is 5.75 Å². The van der Waals surface area contributed by atoms with Crippen molar-refractivity contribution in [3.8, 4) is 5.75 Å². The predicted molar refractivity (Wildman–Crippen MR) is 97.0 cm³/mol. The van der Waals surface area contributed by atoms with Gasteiger partial charge >= 0.3 is 0 Å². The van der Waals surface area contributed by atoms with Gasteiger partial charge in [-0.2, -0.15) is 0 Å². The van der Waals surface area contributed by atoms with Crippen molar-refractivity contribution in [2.45, 2.75) is 37.6 Å². The van der Waals surface area contributed by atoms with Crippen LogP contribution in [0, 0.1) is 17.7 Å². The smallest absolute Gasteiger partial charge is 0.173 e. The molecule has 132 valence electrons. The van der Waals surface area contributed by atoms with Crippen LogP contribution < -0.4 is 4.74 Å². The van der Waals surface area contributed by atoms with E-state index in [-0.39, 0.29) is 17.3 Å². The monoisotopic (exact) mass is 359 g/mol. The van der Waals surface area contributed by atoms with Gasteiger partial charge < -0.3 is 4.74 Å². The van der Waals surface area contributed by atoms with Gasteiger partial charge in [0.15, 0.2) is 17.3 Å². The zero-order valence-electron chi connectivity index (χ0n) is 14.4. The molecule has 4 aliphatic rings. The van der Waals surface area contributed by atoms with Crippen LogP contribution in [0.25, 0.3) is 10.1 Å². The third-order valence-corrected chi connectivity index (χ3v) is 7.80. The molecule has 0 N–H and O–H groups in total. The molecule has 3 saturated heterocycles. The van der Waals surface area contributed by atoms with Crippen molar-refractivity contribution < 1.29 is 13.9 Å². The molecular formula is C20H22FNO2S. The molecule has 6 rings (SSSR count). The van der Waals surface area contributed by atoms with Crippen LogP contribution in [0.3, 0.4) is 0 Å². The molecule has 2 aromatic rings. The van der Waals surface area contributed by atoms with Crippen LogP contribution in [-0.2, 0) is 0 Å². The lowest BCUT2D eigenvalue weighted by molar-refractivity contribution is -0.0273. The van der Waals surface area contributed by atoms with Gasteiger partial charge in [-0.25, -0.2) is 4.39 Å². The lowest BCUT2D eigenvalue weighted by Crippen LogP contribution is -2.57. The number of rotatable bonds is 4. The number of ketones is 1. The van der Waals surface area contributed by atoms with E-state index >= 15 is 0 Å². The highest BCUT2D eigenvalue weighted by molar-refractivity contribution is 7.20. The van der Waals surface area contributed by atoms with Crippen LogP contribution in [-0.4, -0.2) is 36.4 Å². The molecule has 1 spiro atoms. The first-order chi connectivity index (χ1) is 12.1. The van der Waals surface area contributed by atoms with Crippen molar-refractivity contribution in [1.82, 2.24) is 4.90 Å². The van der Waals surface area contributed by atoms with E-state index in [4.69, 9.17) is 4.74 Å². The van der Waals surface area contributed by atoms with Crippen molar-refractivity contribution >= 4 is 27.2 Å². The predicted octanol–water partition coefficient (Wildman–Crippen LogP) is 4.50. The topological polar surface area (TPSA) is 29.5 Å². The van der Waals surface area contributed by atoms with Gasteiger partial charge in [0.25, 0.3) is 0 Å². The van der Waals surface area contributed by atoms with E-state index in [1.54, 1.807) is 6.07 Å². The van der Waals surface area contributed by atoms with Crippen LogP contribution in [0.15, 0.2) is 18.2 Å². The van der Waals surface area contributed by atoms with E-state index in [9.17, 15) is 9.18 Å². The second-order valence-corrected chi connectivity index (χ2v) is 8.88. The average molecular weight is 359 g/mol. The Kier molecular flexibility index (Phi) is 3.48. The molecular weight excluding hydrogens is 337 g/mol. The summed E-state index contributed by atoms with van der Waals surface area (Å²) in [5.41, 5.74) is 0.336. The van der Waals surface area contributed by atoms with Gasteiger partial charge in [-0.15, -0.1) is 11.3 Å². The molecule has 1 aromatic carbocycles. The van der Waals surface area contributed by atoms with E-state index in [1.165, 1.54) is 63.3 Å². The number of Topliss-reactive ketones (excluding diaryl/α,β-unsaturated/α-hetero) is 1. The van der Waals surface area contributed by atoms with Gasteiger partial charge in [0.05, 0.1) is 12.0 Å². The summed E-state index contributed by atoms with van der Waals surface area (Å²) < 4.78 is 19.9. The summed E-state index contributed by atoms with van der Waals surface area (Å²) in [7, 11) is 1.46. The first-order valence-electron chi connectivity index (χ1n) is 9.16. The standard InChI is InChI=1S/C20H22FNO2S/c1-24-17-11-18-13(8-15(17)21)9-19(25-18)16(23)10-14-12-2-6-22(7-3-12)20(14)4-5-20/h8-9,11-12,14H,2-7,10H2,1H3/t14-/m1/s1. The minimum Gasteiger partial charge on any atom is -0.494 e. The van der Waals surface area contributed by atoms with Crippen molar-refractivity contribution in [2.75, 3.05) is 20.2 Å². The Morgan fingerprint density at radius 1 is 1.32 bits per heavy atom. The number of benzene rings is 1. The van der Waals surface area contributed by atoms with Gasteiger partial charge in [-0.1, -0.05) is 0 Å². The molecule has 1 atom stereocenters. The maximum Gasteiger partial charge on any atom is 0.173 e. The fourth-order valence-corrected chi connectivity index (χ4v) is 6.25. The minimum atomic E-state index is -0.374. The van der Waals surface area contributed by atoms with Crippen LogP contribution in [0.1, 0.15) is 41.8 Å². The van der Waals surface area contributed by atoms with E-state index in [0.717, 1.165) is 15.0 Å². The van der Waals surface area contributed by atoms with E-state index in [1.807, 2.05) is 6.07 Å². The van der Waals surface area contributed by atoms with Gasteiger partial charge in [-0.05, 0) is 68.1 Å². The van der Waals surface area contributed by atoms with Crippen LogP contribution >= 0.6 is 11.3 Å². The lowest BCUT2D eigenvalue weighted by atomic mass is 9.70. The number of nitrogens with zero attached hydrogens (tertiary/aromatic N) is 1. The largest absolute Gasteiger partial charge is 0.494 e. The molecule has 0 radical (unpaired) electrons. The van der Waals surface area contributed by atoms with Gasteiger partial charge in [-0.3, -0.25) is 9.69 Å². The number of thiophene rings is 1. The number of halogens is 1. The Hall–Kier alpha value is -1.46. The highest BCUT2D eigenvalue weighted by Gasteiger charge is 2.60. The minimum absolute atomic E-state index is 0.227. The number of carbonyl (C=O) groups excluding carboxylic acids is 1. The molecule has 1 aromatic heterocycles. The number of ether oxygens (including phenoxy) is 1. The summed E-state index contributed by atoms with van der Waals surface area (Å²) in [5, 5.41) is 0.793. The van der Waals surface area contributed by atoms with Gasteiger partial charge in [0.1, 0.15) is 0 Å². The number of piperidine rings is 3. The fraction of sp³-hybridized carbons (Fsp3) is 0.550. The van der Waals surface area contributed by atoms with Crippen molar-refractivity contribution in [2.24, 2.45) is 11.8 Å². The van der Waals surface area contributed by atoms with Crippen LogP contribution in [0.2, 0.25) is 0 Å². The quantitative estimate of drug-likeness (QED) is 0.753. The summed E-state index contributed by atoms with van der Waals surface area (Å²) >= 11 is 1.46. The SMILES string of the molecule is COc1cc2sc(C(=O)C[C@@H]3C4CCN(CC4)C34CC4)cc2cc1F. The molecule has 2 bridgehead atoms. The van der Waals surface area contributed by atoms with Gasteiger partial charge in [0.2, 0.25) is 0 Å². The second-order valence-electron chi connectivity index (χ2n) is 7.80. The van der Waals surface area contributed by atoms with Crippen molar-refractivity contribution in [3.63, 3.8) is 0 Å². The third kappa shape index (κ3) is 2.36. The molecule has 3 nitrogen and oxygen atoms in total. The van der Waals surface area contributed by atoms with Gasteiger partial charge in [0, 0.05) is 22.7 Å². The lowest BCUT2D eigenvalue weighted by Gasteiger charge is -2.52. The Bertz CT molecular complexity index is 849. The number of methoxy groups -OCH3 is 1. The average Bonchev–Trinajstić information content (AvgIpc) is 3.29. The van der Waals surface area contributed by atoms with E-state index in [0.29, 0.717) is 23.8 Å². The summed E-state index contributed by atoms with van der Waals surface area (Å²) in [6, 6.07) is 5.02. The molecule has 5 heteroatoms. The van der Waals surface area contributed by atoms with E-state index in [2.05, 4.69) is 4.90 Å². The zero-order valence-corrected chi connectivity index (χ0v) is 15.2. The normalized spacial score (nSPS) is 29.3. The number of fused-ring (bicyclic) bond motifs is 3. The van der Waals surface area contributed by atoms with Crippen molar-refractivity contribution in [1.29, 1.82) is 0 Å². The Morgan fingerprint density at radius 3 is 2.76 bits per heavy atom. The molecule has 4 fully saturated rings. The zero-order chi connectivity index (χ0) is 17.2. The molecule has 1 saturated carbocycles. The highest BCUT2D eigenvalue weighted by atomic mass is 32.1. The first kappa shape index (κ1) is 15.8. The molecule has 0 unspecified atom stereocenters. The molecule has 25 heavy (non-hydrogen) atoms. The summed E-state index contributed by atoms with van der Waals surface area (Å²) in [6.07, 6.45) is 5.66.